The number of furan rings is 2. The van der Waals surface area contributed by atoms with Crippen LogP contribution in [0.1, 0.15) is 43.4 Å². The van der Waals surface area contributed by atoms with Crippen LogP contribution < -0.4 is 9.64 Å². The Bertz CT molecular complexity index is 1300. The van der Waals surface area contributed by atoms with E-state index in [1.807, 2.05) is 24.3 Å². The highest BCUT2D eigenvalue weighted by atomic mass is 16.5. The molecule has 29 heavy (non-hydrogen) atoms. The minimum atomic E-state index is -0.253. The van der Waals surface area contributed by atoms with Gasteiger partial charge in [-0.3, -0.25) is 14.5 Å². The summed E-state index contributed by atoms with van der Waals surface area (Å²) < 4.78 is 17.4. The summed E-state index contributed by atoms with van der Waals surface area (Å²) in [5.74, 6) is 1.29. The van der Waals surface area contributed by atoms with Gasteiger partial charge in [-0.15, -0.1) is 0 Å². The highest BCUT2D eigenvalue weighted by Gasteiger charge is 2.37. The molecule has 0 fully saturated rings. The van der Waals surface area contributed by atoms with Gasteiger partial charge in [0.1, 0.15) is 24.4 Å². The van der Waals surface area contributed by atoms with Crippen LogP contribution in [0.15, 0.2) is 63.6 Å². The van der Waals surface area contributed by atoms with Crippen molar-refractivity contribution >= 4 is 22.5 Å². The molecule has 6 rings (SSSR count). The number of hydrogen-bond acceptors (Lipinski definition) is 5. The number of ether oxygens (including phenoxy) is 1. The van der Waals surface area contributed by atoms with E-state index >= 15 is 0 Å². The molecular weight excluding hydrogens is 370 g/mol. The molecule has 1 aliphatic carbocycles. The van der Waals surface area contributed by atoms with Gasteiger partial charge in [-0.1, -0.05) is 24.3 Å². The number of nitrogens with one attached hydrogen (secondary N) is 1. The van der Waals surface area contributed by atoms with Gasteiger partial charge in [0, 0.05) is 16.5 Å². The first kappa shape index (κ1) is 16.3. The minimum Gasteiger partial charge on any atom is -0.463 e. The third-order valence-electron chi connectivity index (χ3n) is 5.63. The molecule has 0 radical (unpaired) electrons. The van der Waals surface area contributed by atoms with Gasteiger partial charge in [0.05, 0.1) is 17.4 Å². The van der Waals surface area contributed by atoms with Crippen LogP contribution in [-0.4, -0.2) is 18.3 Å². The molecule has 0 amide bonds. The zero-order chi connectivity index (χ0) is 19.5. The van der Waals surface area contributed by atoms with Crippen LogP contribution >= 0.6 is 0 Å². The fourth-order valence-corrected chi connectivity index (χ4v) is 4.28. The summed E-state index contributed by atoms with van der Waals surface area (Å²) in [4.78, 5) is 27.2. The van der Waals surface area contributed by atoms with Gasteiger partial charge in [0.15, 0.2) is 17.3 Å². The zero-order valence-electron chi connectivity index (χ0n) is 15.4. The maximum Gasteiger partial charge on any atom is 0.229 e. The SMILES string of the molecule is O=C1c2ccccc2C(=O)c2c1oc1c3c(ccc21)OC[NH+](Cc1ccco1)C3. The summed E-state index contributed by atoms with van der Waals surface area (Å²) in [6.07, 6.45) is 1.65. The second kappa shape index (κ2) is 5.93. The largest absolute Gasteiger partial charge is 0.463 e. The molecule has 0 spiro atoms. The van der Waals surface area contributed by atoms with Crippen molar-refractivity contribution < 1.29 is 28.1 Å². The maximum atomic E-state index is 13.1. The van der Waals surface area contributed by atoms with Crippen molar-refractivity contribution in [2.45, 2.75) is 13.1 Å². The number of fused-ring (bicyclic) bond motifs is 6. The van der Waals surface area contributed by atoms with E-state index in [0.29, 0.717) is 47.5 Å². The Morgan fingerprint density at radius 2 is 1.76 bits per heavy atom. The smallest absolute Gasteiger partial charge is 0.229 e. The summed E-state index contributed by atoms with van der Waals surface area (Å²) in [5.41, 5.74) is 2.59. The van der Waals surface area contributed by atoms with Crippen molar-refractivity contribution in [3.05, 3.63) is 88.6 Å². The van der Waals surface area contributed by atoms with E-state index in [2.05, 4.69) is 0 Å². The van der Waals surface area contributed by atoms with Crippen LogP contribution in [0.5, 0.6) is 5.75 Å². The van der Waals surface area contributed by atoms with Crippen molar-refractivity contribution in [3.63, 3.8) is 0 Å². The Kier molecular flexibility index (Phi) is 3.34. The fraction of sp³-hybridized carbons (Fsp3) is 0.130. The summed E-state index contributed by atoms with van der Waals surface area (Å²) in [6.45, 7) is 1.82. The van der Waals surface area contributed by atoms with Crippen LogP contribution in [-0.2, 0) is 13.1 Å². The standard InChI is InChI=1S/C23H15NO5/c25-20-14-5-1-2-6-15(14)21(26)23-19(20)16-7-8-18-17(22(16)29-23)11-24(12-28-18)10-13-4-3-9-27-13/h1-9H,10-12H2/p+1. The normalized spacial score (nSPS) is 17.6. The number of ketones is 2. The number of benzene rings is 2. The molecule has 1 atom stereocenters. The molecule has 0 saturated carbocycles. The van der Waals surface area contributed by atoms with E-state index < -0.39 is 0 Å². The van der Waals surface area contributed by atoms with Gasteiger partial charge in [0.2, 0.25) is 12.5 Å². The average molecular weight is 386 g/mol. The van der Waals surface area contributed by atoms with E-state index in [1.165, 1.54) is 0 Å². The van der Waals surface area contributed by atoms with Crippen molar-refractivity contribution in [2.24, 2.45) is 0 Å². The van der Waals surface area contributed by atoms with Crippen LogP contribution in [0, 0.1) is 0 Å². The van der Waals surface area contributed by atoms with Crippen LogP contribution in [0.2, 0.25) is 0 Å². The van der Waals surface area contributed by atoms with E-state index in [0.717, 1.165) is 22.0 Å². The molecule has 1 aliphatic heterocycles. The second-order valence-corrected chi connectivity index (χ2v) is 7.40. The monoisotopic (exact) mass is 386 g/mol. The second-order valence-electron chi connectivity index (χ2n) is 7.40. The van der Waals surface area contributed by atoms with Crippen molar-refractivity contribution in [3.8, 4) is 5.75 Å². The van der Waals surface area contributed by atoms with E-state index in [-0.39, 0.29) is 17.3 Å². The number of carbonyl (C=O) groups is 2. The summed E-state index contributed by atoms with van der Waals surface area (Å²) in [6, 6.07) is 14.3. The molecular formula is C23H16NO5+. The summed E-state index contributed by atoms with van der Waals surface area (Å²) in [5, 5.41) is 0.662. The molecule has 0 saturated heterocycles. The number of carbonyl (C=O) groups excluding carboxylic acids is 2. The lowest BCUT2D eigenvalue weighted by Crippen LogP contribution is -3.10. The maximum absolute atomic E-state index is 13.1. The predicted octanol–water partition coefficient (Wildman–Crippen LogP) is 2.74. The van der Waals surface area contributed by atoms with Gasteiger partial charge < -0.3 is 13.6 Å². The van der Waals surface area contributed by atoms with Gasteiger partial charge in [-0.05, 0) is 24.3 Å². The Labute approximate surface area is 165 Å². The molecule has 2 aromatic carbocycles. The third-order valence-corrected chi connectivity index (χ3v) is 5.63. The van der Waals surface area contributed by atoms with E-state index in [4.69, 9.17) is 13.6 Å². The minimum absolute atomic E-state index is 0.121. The van der Waals surface area contributed by atoms with Gasteiger partial charge >= 0.3 is 0 Å². The van der Waals surface area contributed by atoms with Crippen molar-refractivity contribution in [2.75, 3.05) is 6.73 Å². The number of hydrogen-bond donors (Lipinski definition) is 1. The van der Waals surface area contributed by atoms with Gasteiger partial charge in [-0.25, -0.2) is 0 Å². The Hall–Kier alpha value is -3.64. The zero-order valence-corrected chi connectivity index (χ0v) is 15.4. The van der Waals surface area contributed by atoms with Crippen molar-refractivity contribution in [1.29, 1.82) is 0 Å². The summed E-state index contributed by atoms with van der Waals surface area (Å²) in [7, 11) is 0. The molecule has 0 bridgehead atoms. The highest BCUT2D eigenvalue weighted by molar-refractivity contribution is 6.31. The quantitative estimate of drug-likeness (QED) is 0.505. The first-order chi connectivity index (χ1) is 14.2. The molecule has 4 aromatic rings. The van der Waals surface area contributed by atoms with E-state index in [1.54, 1.807) is 30.5 Å². The summed E-state index contributed by atoms with van der Waals surface area (Å²) >= 11 is 0. The predicted molar refractivity (Wildman–Crippen MR) is 102 cm³/mol. The molecule has 2 aromatic heterocycles. The molecule has 6 nitrogen and oxygen atoms in total. The molecule has 6 heteroatoms. The fourth-order valence-electron chi connectivity index (χ4n) is 4.28. The van der Waals surface area contributed by atoms with Gasteiger partial charge in [0.25, 0.3) is 0 Å². The lowest BCUT2D eigenvalue weighted by molar-refractivity contribution is -0.946. The number of rotatable bonds is 2. The average Bonchev–Trinajstić information content (AvgIpc) is 3.40. The first-order valence-corrected chi connectivity index (χ1v) is 9.46. The topological polar surface area (TPSA) is 74.1 Å². The Balaban J connectivity index is 1.48. The van der Waals surface area contributed by atoms with Crippen LogP contribution in [0.25, 0.3) is 11.0 Å². The molecule has 3 heterocycles. The van der Waals surface area contributed by atoms with Gasteiger partial charge in [-0.2, -0.15) is 0 Å². The van der Waals surface area contributed by atoms with E-state index in [9.17, 15) is 9.59 Å². The van der Waals surface area contributed by atoms with Crippen LogP contribution in [0.3, 0.4) is 0 Å². The number of quaternary nitrogens is 1. The Morgan fingerprint density at radius 3 is 2.55 bits per heavy atom. The highest BCUT2D eigenvalue weighted by Crippen LogP contribution is 2.39. The lowest BCUT2D eigenvalue weighted by atomic mass is 9.87. The van der Waals surface area contributed by atoms with Crippen LogP contribution in [0.4, 0.5) is 0 Å². The third kappa shape index (κ3) is 2.33. The molecule has 2 aliphatic rings. The molecule has 1 N–H and O–H groups in total. The lowest BCUT2D eigenvalue weighted by Gasteiger charge is -2.25. The molecule has 1 unspecified atom stereocenters. The molecule has 142 valence electrons. The Morgan fingerprint density at radius 1 is 0.931 bits per heavy atom. The van der Waals surface area contributed by atoms with Crippen molar-refractivity contribution in [1.82, 2.24) is 0 Å². The first-order valence-electron chi connectivity index (χ1n) is 9.46.